The van der Waals surface area contributed by atoms with Crippen LogP contribution in [0.25, 0.3) is 5.70 Å². The Morgan fingerprint density at radius 3 is 2.45 bits per heavy atom. The summed E-state index contributed by atoms with van der Waals surface area (Å²) in [5.41, 5.74) is 2.25. The molecule has 6 nitrogen and oxygen atoms in total. The third kappa shape index (κ3) is 4.20. The molecule has 3 aromatic carbocycles. The molecule has 1 unspecified atom stereocenters. The summed E-state index contributed by atoms with van der Waals surface area (Å²) in [5, 5.41) is 10.7. The average molecular weight is 464 g/mol. The molecule has 1 aliphatic heterocycles. The van der Waals surface area contributed by atoms with Gasteiger partial charge >= 0.3 is 0 Å². The fourth-order valence-electron chi connectivity index (χ4n) is 3.56. The van der Waals surface area contributed by atoms with Gasteiger partial charge in [0.1, 0.15) is 17.7 Å². The summed E-state index contributed by atoms with van der Waals surface area (Å²) >= 11 is 6.02. The number of halogens is 3. The minimum atomic E-state index is -0.666. The first-order valence-corrected chi connectivity index (χ1v) is 10.4. The first-order chi connectivity index (χ1) is 16.0. The lowest BCUT2D eigenvalue weighted by molar-refractivity contribution is 0.102. The lowest BCUT2D eigenvalue weighted by atomic mass is 10.0. The van der Waals surface area contributed by atoms with E-state index in [1.54, 1.807) is 35.0 Å². The Morgan fingerprint density at radius 1 is 1.00 bits per heavy atom. The van der Waals surface area contributed by atoms with Crippen LogP contribution in [0, 0.1) is 11.6 Å². The monoisotopic (exact) mass is 463 g/mol. The second kappa shape index (κ2) is 8.48. The van der Waals surface area contributed by atoms with E-state index in [-0.39, 0.29) is 17.3 Å². The van der Waals surface area contributed by atoms with Crippen molar-refractivity contribution in [3.05, 3.63) is 112 Å². The smallest absolute Gasteiger partial charge is 0.261 e. The van der Waals surface area contributed by atoms with Crippen LogP contribution in [0.5, 0.6) is 0 Å². The average Bonchev–Trinajstić information content (AvgIpc) is 3.22. The summed E-state index contributed by atoms with van der Waals surface area (Å²) in [6, 6.07) is 18.5. The standard InChI is InChI=1S/C24H16ClF2N5O/c25-16-9-5-14(6-10-16)20-13-21(15-7-11-17(26)12-8-15)32-24(28-20)30-23(31-32)29-22(33)18-3-1-2-4-19(18)27/h1-13,21H,(H2,28,29,30,31,33). The molecule has 0 radical (unpaired) electrons. The molecule has 1 aromatic heterocycles. The lowest BCUT2D eigenvalue weighted by Gasteiger charge is -2.24. The third-order valence-electron chi connectivity index (χ3n) is 5.18. The maximum absolute atomic E-state index is 14.0. The second-order valence-electron chi connectivity index (χ2n) is 7.35. The summed E-state index contributed by atoms with van der Waals surface area (Å²) in [4.78, 5) is 16.9. The van der Waals surface area contributed by atoms with Gasteiger partial charge in [0.05, 0.1) is 5.56 Å². The van der Waals surface area contributed by atoms with E-state index < -0.39 is 17.8 Å². The van der Waals surface area contributed by atoms with Crippen molar-refractivity contribution in [2.75, 3.05) is 10.6 Å². The molecule has 164 valence electrons. The second-order valence-corrected chi connectivity index (χ2v) is 7.78. The Labute approximate surface area is 192 Å². The molecular weight excluding hydrogens is 448 g/mol. The highest BCUT2D eigenvalue weighted by Gasteiger charge is 2.26. The predicted molar refractivity (Wildman–Crippen MR) is 122 cm³/mol. The number of hydrogen-bond donors (Lipinski definition) is 2. The molecule has 4 aromatic rings. The van der Waals surface area contributed by atoms with Crippen molar-refractivity contribution in [3.63, 3.8) is 0 Å². The maximum Gasteiger partial charge on any atom is 0.261 e. The van der Waals surface area contributed by atoms with E-state index in [1.807, 2.05) is 18.2 Å². The number of fused-ring (bicyclic) bond motifs is 1. The minimum Gasteiger partial charge on any atom is -0.324 e. The van der Waals surface area contributed by atoms with Crippen molar-refractivity contribution in [2.45, 2.75) is 6.04 Å². The topological polar surface area (TPSA) is 71.8 Å². The molecule has 0 fully saturated rings. The van der Waals surface area contributed by atoms with Gasteiger partial charge in [0, 0.05) is 10.7 Å². The summed E-state index contributed by atoms with van der Waals surface area (Å²) in [6.07, 6.45) is 1.92. The molecule has 1 amide bonds. The van der Waals surface area contributed by atoms with Crippen LogP contribution in [-0.2, 0) is 0 Å². The molecule has 0 spiro atoms. The number of carbonyl (C=O) groups excluding carboxylic acids is 1. The number of carbonyl (C=O) groups is 1. The van der Waals surface area contributed by atoms with E-state index >= 15 is 0 Å². The highest BCUT2D eigenvalue weighted by atomic mass is 35.5. The van der Waals surface area contributed by atoms with Gasteiger partial charge in [-0.3, -0.25) is 10.1 Å². The quantitative estimate of drug-likeness (QED) is 0.418. The highest BCUT2D eigenvalue weighted by molar-refractivity contribution is 6.30. The molecule has 0 aliphatic carbocycles. The van der Waals surface area contributed by atoms with E-state index in [9.17, 15) is 13.6 Å². The van der Waals surface area contributed by atoms with Crippen LogP contribution in [0.15, 0.2) is 78.9 Å². The van der Waals surface area contributed by atoms with Gasteiger partial charge < -0.3 is 5.32 Å². The Hall–Kier alpha value is -4.04. The molecule has 2 N–H and O–H groups in total. The zero-order valence-electron chi connectivity index (χ0n) is 17.0. The van der Waals surface area contributed by atoms with Crippen LogP contribution in [-0.4, -0.2) is 20.7 Å². The molecule has 2 heterocycles. The largest absolute Gasteiger partial charge is 0.324 e. The number of rotatable bonds is 4. The van der Waals surface area contributed by atoms with Gasteiger partial charge in [-0.2, -0.15) is 4.98 Å². The molecule has 1 aliphatic rings. The predicted octanol–water partition coefficient (Wildman–Crippen LogP) is 5.52. The molecule has 1 atom stereocenters. The summed E-state index contributed by atoms with van der Waals surface area (Å²) in [6.45, 7) is 0. The van der Waals surface area contributed by atoms with Crippen LogP contribution in [0.2, 0.25) is 5.02 Å². The summed E-state index contributed by atoms with van der Waals surface area (Å²) in [7, 11) is 0. The van der Waals surface area contributed by atoms with Crippen LogP contribution in [0.4, 0.5) is 20.7 Å². The minimum absolute atomic E-state index is 0.00335. The van der Waals surface area contributed by atoms with Crippen LogP contribution in [0.1, 0.15) is 27.5 Å². The van der Waals surface area contributed by atoms with Crippen molar-refractivity contribution in [3.8, 4) is 0 Å². The van der Waals surface area contributed by atoms with Crippen molar-refractivity contribution < 1.29 is 13.6 Å². The van der Waals surface area contributed by atoms with E-state index in [0.717, 1.165) is 16.8 Å². The van der Waals surface area contributed by atoms with Gasteiger partial charge in [-0.05, 0) is 53.6 Å². The zero-order valence-corrected chi connectivity index (χ0v) is 17.7. The van der Waals surface area contributed by atoms with Gasteiger partial charge in [0.25, 0.3) is 11.9 Å². The molecule has 33 heavy (non-hydrogen) atoms. The molecule has 5 rings (SSSR count). The fourth-order valence-corrected chi connectivity index (χ4v) is 3.68. The van der Waals surface area contributed by atoms with E-state index in [2.05, 4.69) is 20.7 Å². The molecule has 0 bridgehead atoms. The third-order valence-corrected chi connectivity index (χ3v) is 5.43. The Bertz CT molecular complexity index is 1370. The van der Waals surface area contributed by atoms with Crippen LogP contribution >= 0.6 is 11.6 Å². The van der Waals surface area contributed by atoms with E-state index in [1.165, 1.54) is 30.3 Å². The number of hydrogen-bond acceptors (Lipinski definition) is 4. The molecule has 0 saturated carbocycles. The summed E-state index contributed by atoms with van der Waals surface area (Å²) in [5.74, 6) is -1.30. The van der Waals surface area contributed by atoms with E-state index in [4.69, 9.17) is 11.6 Å². The Kier molecular flexibility index (Phi) is 5.35. The lowest BCUT2D eigenvalue weighted by Crippen LogP contribution is -2.20. The van der Waals surface area contributed by atoms with Crippen molar-refractivity contribution in [1.82, 2.24) is 14.8 Å². The Morgan fingerprint density at radius 2 is 1.73 bits per heavy atom. The number of benzene rings is 3. The Balaban J connectivity index is 1.52. The number of amides is 1. The zero-order chi connectivity index (χ0) is 22.9. The summed E-state index contributed by atoms with van der Waals surface area (Å²) < 4.78 is 29.1. The fraction of sp³-hybridized carbons (Fsp3) is 0.0417. The van der Waals surface area contributed by atoms with Crippen LogP contribution < -0.4 is 10.6 Å². The van der Waals surface area contributed by atoms with Gasteiger partial charge in [-0.25, -0.2) is 13.5 Å². The first-order valence-electron chi connectivity index (χ1n) is 10.0. The number of aromatic nitrogens is 3. The van der Waals surface area contributed by atoms with Crippen molar-refractivity contribution >= 4 is 35.1 Å². The van der Waals surface area contributed by atoms with Crippen molar-refractivity contribution in [1.29, 1.82) is 0 Å². The molecular formula is C24H16ClF2N5O. The highest BCUT2D eigenvalue weighted by Crippen LogP contribution is 2.33. The van der Waals surface area contributed by atoms with Crippen molar-refractivity contribution in [2.24, 2.45) is 0 Å². The number of nitrogens with zero attached hydrogens (tertiary/aromatic N) is 3. The number of nitrogens with one attached hydrogen (secondary N) is 2. The number of allylic oxidation sites excluding steroid dienone is 1. The van der Waals surface area contributed by atoms with Gasteiger partial charge in [-0.15, -0.1) is 5.10 Å². The van der Waals surface area contributed by atoms with Gasteiger partial charge in [0.15, 0.2) is 0 Å². The van der Waals surface area contributed by atoms with Gasteiger partial charge in [0.2, 0.25) is 5.95 Å². The first kappa shape index (κ1) is 20.8. The molecule has 9 heteroatoms. The SMILES string of the molecule is O=C(Nc1nc2n(n1)C(c1ccc(F)cc1)C=C(c1ccc(Cl)cc1)N2)c1ccccc1F. The molecule has 0 saturated heterocycles. The van der Waals surface area contributed by atoms with E-state index in [0.29, 0.717) is 11.0 Å². The number of anilines is 2. The van der Waals surface area contributed by atoms with Gasteiger partial charge in [-0.1, -0.05) is 48.0 Å². The maximum atomic E-state index is 14.0. The normalized spacial score (nSPS) is 14.8. The van der Waals surface area contributed by atoms with Crippen LogP contribution in [0.3, 0.4) is 0 Å².